The zero-order chi connectivity index (χ0) is 27.6. The lowest BCUT2D eigenvalue weighted by Crippen LogP contribution is -2.35. The maximum Gasteiger partial charge on any atom is 0.317 e. The van der Waals surface area contributed by atoms with Crippen LogP contribution in [0.25, 0.3) is 22.2 Å². The van der Waals surface area contributed by atoms with Gasteiger partial charge >= 0.3 is 6.01 Å². The van der Waals surface area contributed by atoms with Gasteiger partial charge in [-0.3, -0.25) is 4.79 Å². The molecule has 0 unspecified atom stereocenters. The molecule has 10 nitrogen and oxygen atoms in total. The highest BCUT2D eigenvalue weighted by Crippen LogP contribution is 2.40. The first-order chi connectivity index (χ1) is 20.2. The van der Waals surface area contributed by atoms with Crippen LogP contribution >= 0.6 is 11.3 Å². The molecule has 7 rings (SSSR count). The second-order valence-corrected chi connectivity index (χ2v) is 10.5. The third-order valence-electron chi connectivity index (χ3n) is 6.81. The molecule has 1 amide bonds. The van der Waals surface area contributed by atoms with Gasteiger partial charge in [-0.2, -0.15) is 0 Å². The van der Waals surface area contributed by atoms with Crippen LogP contribution in [0.3, 0.4) is 0 Å². The second kappa shape index (κ2) is 11.0. The summed E-state index contributed by atoms with van der Waals surface area (Å²) in [7, 11) is 0. The van der Waals surface area contributed by atoms with Gasteiger partial charge in [0.15, 0.2) is 5.69 Å². The number of para-hydroxylation sites is 1. The summed E-state index contributed by atoms with van der Waals surface area (Å²) in [6.45, 7) is 2.75. The van der Waals surface area contributed by atoms with E-state index in [1.807, 2.05) is 84.9 Å². The van der Waals surface area contributed by atoms with E-state index in [4.69, 9.17) is 19.1 Å². The van der Waals surface area contributed by atoms with Crippen molar-refractivity contribution in [2.45, 2.75) is 6.17 Å². The second-order valence-electron chi connectivity index (χ2n) is 9.48. The number of nitrogens with zero attached hydrogens (tertiary/aromatic N) is 5. The molecule has 0 spiro atoms. The number of morpholine rings is 1. The Morgan fingerprint density at radius 3 is 2.37 bits per heavy atom. The van der Waals surface area contributed by atoms with Gasteiger partial charge in [0.25, 0.3) is 11.8 Å². The van der Waals surface area contributed by atoms with Crippen LogP contribution in [0.1, 0.15) is 11.1 Å². The van der Waals surface area contributed by atoms with E-state index in [9.17, 15) is 4.79 Å². The highest BCUT2D eigenvalue weighted by molar-refractivity contribution is 7.19. The summed E-state index contributed by atoms with van der Waals surface area (Å²) in [5.41, 5.74) is 4.69. The fraction of sp³-hybridized carbons (Fsp3) is 0.167. The Labute approximate surface area is 239 Å². The Balaban J connectivity index is 1.23. The van der Waals surface area contributed by atoms with Gasteiger partial charge in [-0.05, 0) is 6.07 Å². The Morgan fingerprint density at radius 1 is 0.878 bits per heavy atom. The van der Waals surface area contributed by atoms with Crippen molar-refractivity contribution in [1.29, 1.82) is 0 Å². The van der Waals surface area contributed by atoms with Crippen LogP contribution in [0.15, 0.2) is 94.3 Å². The van der Waals surface area contributed by atoms with Gasteiger partial charge in [-0.15, -0.1) is 5.10 Å². The molecule has 4 heterocycles. The summed E-state index contributed by atoms with van der Waals surface area (Å²) in [4.78, 5) is 25.2. The summed E-state index contributed by atoms with van der Waals surface area (Å²) in [6.07, 6.45) is -1.00. The number of thiazole rings is 1. The van der Waals surface area contributed by atoms with E-state index < -0.39 is 6.17 Å². The van der Waals surface area contributed by atoms with Gasteiger partial charge < -0.3 is 24.7 Å². The molecule has 1 fully saturated rings. The van der Waals surface area contributed by atoms with Crippen molar-refractivity contribution >= 4 is 39.7 Å². The maximum atomic E-state index is 13.3. The molecule has 0 aliphatic carbocycles. The first-order valence-electron chi connectivity index (χ1n) is 13.3. The number of amides is 1. The van der Waals surface area contributed by atoms with Gasteiger partial charge in [-0.1, -0.05) is 95.3 Å². The molecule has 3 aromatic carbocycles. The Kier molecular flexibility index (Phi) is 6.71. The lowest BCUT2D eigenvalue weighted by atomic mass is 10.0. The number of carbonyl (C=O) groups excluding carboxylic acids is 1. The van der Waals surface area contributed by atoms with Gasteiger partial charge in [0, 0.05) is 29.8 Å². The molecule has 5 aromatic rings. The smallest absolute Gasteiger partial charge is 0.317 e. The monoisotopic (exact) mass is 563 g/mol. The molecule has 2 aromatic heterocycles. The van der Waals surface area contributed by atoms with E-state index in [-0.39, 0.29) is 17.8 Å². The number of hydrogen-bond donors (Lipinski definition) is 2. The summed E-state index contributed by atoms with van der Waals surface area (Å²) in [5.74, 6) is -0.0749. The van der Waals surface area contributed by atoms with Crippen LogP contribution in [0.4, 0.5) is 16.7 Å². The number of anilines is 3. The normalized spacial score (nSPS) is 16.9. The maximum absolute atomic E-state index is 13.3. The van der Waals surface area contributed by atoms with Crippen LogP contribution in [0.5, 0.6) is 0 Å². The quantitative estimate of drug-likeness (QED) is 0.299. The lowest BCUT2D eigenvalue weighted by Gasteiger charge is -2.27. The minimum absolute atomic E-state index is 0.0736. The van der Waals surface area contributed by atoms with Crippen molar-refractivity contribution in [3.63, 3.8) is 0 Å². The number of nitrogens with one attached hydrogen (secondary N) is 2. The fourth-order valence-electron chi connectivity index (χ4n) is 4.81. The number of aromatic nitrogens is 3. The van der Waals surface area contributed by atoms with Crippen molar-refractivity contribution < 1.29 is 13.9 Å². The summed E-state index contributed by atoms with van der Waals surface area (Å²) in [6, 6.07) is 27.4. The number of hydrogen-bond acceptors (Lipinski definition) is 10. The largest absolute Gasteiger partial charge is 0.402 e. The van der Waals surface area contributed by atoms with Crippen LogP contribution in [0, 0.1) is 0 Å². The number of benzene rings is 3. The average Bonchev–Trinajstić information content (AvgIpc) is 3.65. The van der Waals surface area contributed by atoms with E-state index in [0.29, 0.717) is 30.3 Å². The van der Waals surface area contributed by atoms with E-state index in [1.54, 1.807) is 11.3 Å². The fourth-order valence-corrected chi connectivity index (χ4v) is 5.93. The molecule has 1 atom stereocenters. The Morgan fingerprint density at radius 2 is 1.59 bits per heavy atom. The van der Waals surface area contributed by atoms with Gasteiger partial charge in [0.05, 0.1) is 24.6 Å². The topological polar surface area (TPSA) is 118 Å². The van der Waals surface area contributed by atoms with Crippen LogP contribution in [0.2, 0.25) is 0 Å². The SMILES string of the molecule is O=C1Nc2ccccc2C(c2ccccc2)=N[C@@H]1Nc1nnc(-c2nc(-c3ccccc3)sc2N2CCOCC2)o1. The predicted molar refractivity (Wildman–Crippen MR) is 158 cm³/mol. The molecule has 11 heteroatoms. The molecular formula is C30H25N7O3S. The molecule has 0 bridgehead atoms. The first-order valence-corrected chi connectivity index (χ1v) is 14.1. The first kappa shape index (κ1) is 25.1. The minimum Gasteiger partial charge on any atom is -0.402 e. The Hall–Kier alpha value is -4.87. The molecule has 2 aliphatic rings. The van der Waals surface area contributed by atoms with Crippen molar-refractivity contribution in [3.05, 3.63) is 96.1 Å². The van der Waals surface area contributed by atoms with Crippen molar-refractivity contribution in [3.8, 4) is 22.2 Å². The molecule has 41 heavy (non-hydrogen) atoms. The van der Waals surface area contributed by atoms with E-state index >= 15 is 0 Å². The van der Waals surface area contributed by atoms with Gasteiger partial charge in [-0.25, -0.2) is 9.98 Å². The summed E-state index contributed by atoms with van der Waals surface area (Å²) in [5, 5.41) is 16.3. The number of rotatable bonds is 6. The van der Waals surface area contributed by atoms with Crippen molar-refractivity contribution in [1.82, 2.24) is 15.2 Å². The number of carbonyl (C=O) groups is 1. The summed E-state index contributed by atoms with van der Waals surface area (Å²) >= 11 is 1.58. The minimum atomic E-state index is -1.00. The third-order valence-corrected chi connectivity index (χ3v) is 7.98. The molecule has 1 saturated heterocycles. The standard InChI is InChI=1S/C30H25N7O3S/c38-26-25(32-23(19-9-3-1-4-10-19)21-13-7-8-14-22(21)31-26)34-30-36-35-27(40-30)24-29(37-15-17-39-18-16-37)41-28(33-24)20-11-5-2-6-12-20/h1-14,25H,15-18H2,(H,31,38)(H,34,36)/t25-/m1/s1. The van der Waals surface area contributed by atoms with Crippen LogP contribution in [-0.4, -0.2) is 59.3 Å². The third kappa shape index (κ3) is 5.08. The van der Waals surface area contributed by atoms with Crippen molar-refractivity contribution in [2.24, 2.45) is 4.99 Å². The Bertz CT molecular complexity index is 1710. The highest BCUT2D eigenvalue weighted by Gasteiger charge is 2.29. The highest BCUT2D eigenvalue weighted by atomic mass is 32.1. The van der Waals surface area contributed by atoms with Gasteiger partial charge in [0.2, 0.25) is 6.17 Å². The molecule has 204 valence electrons. The molecule has 0 radical (unpaired) electrons. The van der Waals surface area contributed by atoms with Crippen LogP contribution < -0.4 is 15.5 Å². The molecular weight excluding hydrogens is 538 g/mol. The number of fused-ring (bicyclic) bond motifs is 1. The zero-order valence-corrected chi connectivity index (χ0v) is 22.7. The molecule has 2 N–H and O–H groups in total. The van der Waals surface area contributed by atoms with Crippen molar-refractivity contribution in [2.75, 3.05) is 41.8 Å². The molecule has 0 saturated carbocycles. The van der Waals surface area contributed by atoms with E-state index in [0.717, 1.165) is 39.8 Å². The van der Waals surface area contributed by atoms with Gasteiger partial charge in [0.1, 0.15) is 10.0 Å². The zero-order valence-electron chi connectivity index (χ0n) is 21.9. The molecule has 2 aliphatic heterocycles. The lowest BCUT2D eigenvalue weighted by molar-refractivity contribution is -0.116. The van der Waals surface area contributed by atoms with E-state index in [1.165, 1.54) is 0 Å². The van der Waals surface area contributed by atoms with Crippen LogP contribution in [-0.2, 0) is 9.53 Å². The predicted octanol–water partition coefficient (Wildman–Crippen LogP) is 4.92. The number of ether oxygens (including phenoxy) is 1. The van der Waals surface area contributed by atoms with E-state index in [2.05, 4.69) is 25.7 Å². The number of benzodiazepines with no additional fused rings is 1. The number of aliphatic imine (C=N–C) groups is 1. The average molecular weight is 564 g/mol. The summed E-state index contributed by atoms with van der Waals surface area (Å²) < 4.78 is 11.6.